The summed E-state index contributed by atoms with van der Waals surface area (Å²) in [5.41, 5.74) is 2.61. The van der Waals surface area contributed by atoms with E-state index in [-0.39, 0.29) is 5.41 Å². The van der Waals surface area contributed by atoms with Gasteiger partial charge in [0, 0.05) is 11.8 Å². The van der Waals surface area contributed by atoms with Gasteiger partial charge in [0.2, 0.25) is 0 Å². The highest BCUT2D eigenvalue weighted by Crippen LogP contribution is 2.46. The average Bonchev–Trinajstić information content (AvgIpc) is 2.95. The molecule has 0 saturated carbocycles. The van der Waals surface area contributed by atoms with Gasteiger partial charge in [0.15, 0.2) is 0 Å². The van der Waals surface area contributed by atoms with E-state index in [1.54, 1.807) is 5.20 Å². The monoisotopic (exact) mass is 330 g/mol. The fraction of sp³-hybridized carbons (Fsp3) is 0.550. The number of ether oxygens (including phenoxy) is 1. The standard InChI is InChI=1S/C20H30O2Si/c1-5-23(6-2,7-3)19(17-11-9-8-10-12-17)18-15-22-16-20(18,4)13-14-21/h8-12,14H,5-7,13,15-16H2,1-4H3/b19-18+. The Labute approximate surface area is 142 Å². The van der Waals surface area contributed by atoms with E-state index in [1.807, 2.05) is 0 Å². The Balaban J connectivity index is 2.72. The van der Waals surface area contributed by atoms with Crippen LogP contribution in [0.3, 0.4) is 0 Å². The van der Waals surface area contributed by atoms with E-state index in [0.717, 1.165) is 6.29 Å². The molecule has 1 aromatic carbocycles. The van der Waals surface area contributed by atoms with Gasteiger partial charge in [-0.2, -0.15) is 0 Å². The first-order chi connectivity index (χ1) is 11.1. The van der Waals surface area contributed by atoms with Gasteiger partial charge in [-0.05, 0) is 11.1 Å². The zero-order chi connectivity index (χ0) is 16.9. The lowest BCUT2D eigenvalue weighted by molar-refractivity contribution is -0.109. The Hall–Kier alpha value is -1.19. The summed E-state index contributed by atoms with van der Waals surface area (Å²) in [7, 11) is -1.59. The normalized spacial score (nSPS) is 23.8. The molecular formula is C20H30O2Si. The number of aldehydes is 1. The molecule has 1 unspecified atom stereocenters. The van der Waals surface area contributed by atoms with Crippen LogP contribution in [0.1, 0.15) is 39.7 Å². The second-order valence-corrected chi connectivity index (χ2v) is 12.2. The summed E-state index contributed by atoms with van der Waals surface area (Å²) in [6, 6.07) is 14.5. The van der Waals surface area contributed by atoms with Crippen molar-refractivity contribution in [3.05, 3.63) is 41.5 Å². The molecular weight excluding hydrogens is 300 g/mol. The van der Waals surface area contributed by atoms with Crippen LogP contribution in [0.4, 0.5) is 0 Å². The molecule has 0 N–H and O–H groups in total. The molecule has 1 aliphatic heterocycles. The molecule has 1 heterocycles. The van der Waals surface area contributed by atoms with Crippen LogP contribution < -0.4 is 0 Å². The Morgan fingerprint density at radius 3 is 2.30 bits per heavy atom. The molecule has 0 amide bonds. The van der Waals surface area contributed by atoms with Crippen molar-refractivity contribution in [3.63, 3.8) is 0 Å². The minimum atomic E-state index is -1.59. The molecule has 0 aliphatic carbocycles. The van der Waals surface area contributed by atoms with E-state index in [0.29, 0.717) is 19.6 Å². The van der Waals surface area contributed by atoms with Crippen molar-refractivity contribution in [2.45, 2.75) is 52.2 Å². The third kappa shape index (κ3) is 3.36. The number of rotatable bonds is 7. The van der Waals surface area contributed by atoms with E-state index in [4.69, 9.17) is 4.74 Å². The van der Waals surface area contributed by atoms with Crippen molar-refractivity contribution in [2.24, 2.45) is 5.41 Å². The maximum atomic E-state index is 11.3. The summed E-state index contributed by atoms with van der Waals surface area (Å²) in [5, 5.41) is 1.56. The molecule has 2 rings (SSSR count). The maximum absolute atomic E-state index is 11.3. The third-order valence-electron chi connectivity index (χ3n) is 5.85. The topological polar surface area (TPSA) is 26.3 Å². The molecule has 0 radical (unpaired) electrons. The van der Waals surface area contributed by atoms with Crippen LogP contribution in [0.15, 0.2) is 35.9 Å². The summed E-state index contributed by atoms with van der Waals surface area (Å²) in [6.45, 7) is 10.6. The maximum Gasteiger partial charge on any atom is 0.120 e. The first-order valence-electron chi connectivity index (χ1n) is 8.87. The summed E-state index contributed by atoms with van der Waals surface area (Å²) >= 11 is 0. The lowest BCUT2D eigenvalue weighted by atomic mass is 9.81. The van der Waals surface area contributed by atoms with Gasteiger partial charge in [-0.3, -0.25) is 0 Å². The van der Waals surface area contributed by atoms with Crippen LogP contribution in [0.5, 0.6) is 0 Å². The van der Waals surface area contributed by atoms with E-state index in [9.17, 15) is 4.79 Å². The van der Waals surface area contributed by atoms with Crippen molar-refractivity contribution in [1.82, 2.24) is 0 Å². The van der Waals surface area contributed by atoms with Gasteiger partial charge in [-0.25, -0.2) is 0 Å². The highest BCUT2D eigenvalue weighted by Gasteiger charge is 2.42. The number of benzene rings is 1. The van der Waals surface area contributed by atoms with Crippen LogP contribution in [0, 0.1) is 5.41 Å². The minimum absolute atomic E-state index is 0.134. The van der Waals surface area contributed by atoms with Crippen molar-refractivity contribution >= 4 is 19.6 Å². The highest BCUT2D eigenvalue weighted by atomic mass is 28.3. The molecule has 1 atom stereocenters. The zero-order valence-electron chi connectivity index (χ0n) is 15.0. The first kappa shape index (κ1) is 18.1. The molecule has 1 saturated heterocycles. The molecule has 126 valence electrons. The second kappa shape index (κ2) is 7.58. The Morgan fingerprint density at radius 1 is 1.17 bits per heavy atom. The number of hydrogen-bond acceptors (Lipinski definition) is 2. The van der Waals surface area contributed by atoms with Crippen molar-refractivity contribution < 1.29 is 9.53 Å². The number of hydrogen-bond donors (Lipinski definition) is 0. The molecule has 3 heteroatoms. The van der Waals surface area contributed by atoms with Gasteiger partial charge in [0.1, 0.15) is 6.29 Å². The average molecular weight is 331 g/mol. The molecule has 0 bridgehead atoms. The SMILES string of the molecule is CC[Si](CC)(CC)/C(=C1\COCC1(C)CC=O)c1ccccc1. The van der Waals surface area contributed by atoms with E-state index in [2.05, 4.69) is 58.0 Å². The minimum Gasteiger partial charge on any atom is -0.376 e. The fourth-order valence-corrected chi connectivity index (χ4v) is 8.42. The fourth-order valence-electron chi connectivity index (χ4n) is 4.07. The van der Waals surface area contributed by atoms with Gasteiger partial charge in [-0.15, -0.1) is 0 Å². The van der Waals surface area contributed by atoms with Crippen molar-refractivity contribution in [2.75, 3.05) is 13.2 Å². The molecule has 1 aromatic rings. The van der Waals surface area contributed by atoms with Crippen molar-refractivity contribution in [3.8, 4) is 0 Å². The summed E-state index contributed by atoms with van der Waals surface area (Å²) in [4.78, 5) is 11.3. The molecule has 0 aromatic heterocycles. The predicted octanol–water partition coefficient (Wildman–Crippen LogP) is 5.11. The van der Waals surface area contributed by atoms with E-state index >= 15 is 0 Å². The number of carbonyl (C=O) groups is 1. The first-order valence-corrected chi connectivity index (χ1v) is 11.5. The summed E-state index contributed by atoms with van der Waals surface area (Å²) in [5.74, 6) is 0. The molecule has 1 aliphatic rings. The van der Waals surface area contributed by atoms with Gasteiger partial charge in [0.05, 0.1) is 21.3 Å². The van der Waals surface area contributed by atoms with Gasteiger partial charge in [-0.1, -0.05) is 81.4 Å². The predicted molar refractivity (Wildman–Crippen MR) is 100 cm³/mol. The van der Waals surface area contributed by atoms with Crippen LogP contribution in [-0.2, 0) is 9.53 Å². The van der Waals surface area contributed by atoms with Crippen LogP contribution in [0.25, 0.3) is 5.20 Å². The third-order valence-corrected chi connectivity index (χ3v) is 11.6. The van der Waals surface area contributed by atoms with Crippen LogP contribution >= 0.6 is 0 Å². The Kier molecular flexibility index (Phi) is 5.98. The lowest BCUT2D eigenvalue weighted by Gasteiger charge is -2.36. The van der Waals surface area contributed by atoms with Crippen molar-refractivity contribution in [1.29, 1.82) is 0 Å². The molecule has 1 fully saturated rings. The Morgan fingerprint density at radius 2 is 1.78 bits per heavy atom. The van der Waals surface area contributed by atoms with Gasteiger partial charge >= 0.3 is 0 Å². The van der Waals surface area contributed by atoms with E-state index in [1.165, 1.54) is 29.3 Å². The number of carbonyl (C=O) groups excluding carboxylic acids is 1. The molecule has 2 nitrogen and oxygen atoms in total. The van der Waals surface area contributed by atoms with Crippen LogP contribution in [0.2, 0.25) is 18.1 Å². The highest BCUT2D eigenvalue weighted by molar-refractivity contribution is 6.96. The quantitative estimate of drug-likeness (QED) is 0.513. The Bertz CT molecular complexity index is 552. The molecule has 23 heavy (non-hydrogen) atoms. The van der Waals surface area contributed by atoms with Gasteiger partial charge < -0.3 is 9.53 Å². The zero-order valence-corrected chi connectivity index (χ0v) is 16.0. The largest absolute Gasteiger partial charge is 0.376 e. The second-order valence-electron chi connectivity index (χ2n) is 6.98. The van der Waals surface area contributed by atoms with E-state index < -0.39 is 8.07 Å². The lowest BCUT2D eigenvalue weighted by Crippen LogP contribution is -2.37. The molecule has 0 spiro atoms. The smallest absolute Gasteiger partial charge is 0.120 e. The van der Waals surface area contributed by atoms with Gasteiger partial charge in [0.25, 0.3) is 0 Å². The summed E-state index contributed by atoms with van der Waals surface area (Å²) in [6.07, 6.45) is 1.62. The summed E-state index contributed by atoms with van der Waals surface area (Å²) < 4.78 is 5.86. The van der Waals surface area contributed by atoms with Crippen LogP contribution in [-0.4, -0.2) is 27.6 Å².